The summed E-state index contributed by atoms with van der Waals surface area (Å²) in [5.74, 6) is 0. The van der Waals surface area contributed by atoms with E-state index in [0.717, 1.165) is 6.42 Å². The average molecular weight is 359 g/mol. The summed E-state index contributed by atoms with van der Waals surface area (Å²) < 4.78 is 0.558. The number of rotatable bonds is 1. The van der Waals surface area contributed by atoms with Gasteiger partial charge in [-0.15, -0.1) is 23.5 Å². The highest BCUT2D eigenvalue weighted by molar-refractivity contribution is 8.17. The molecule has 4 aromatic rings. The van der Waals surface area contributed by atoms with E-state index in [1.54, 1.807) is 0 Å². The van der Waals surface area contributed by atoms with Crippen LogP contribution in [0.25, 0.3) is 32.7 Å². The lowest BCUT2D eigenvalue weighted by Gasteiger charge is -2.15. The fourth-order valence-corrected chi connectivity index (χ4v) is 6.36. The molecule has 122 valence electrons. The summed E-state index contributed by atoms with van der Waals surface area (Å²) >= 11 is 4.04. The summed E-state index contributed by atoms with van der Waals surface area (Å²) in [4.78, 5) is 2.82. The molecule has 0 bridgehead atoms. The van der Waals surface area contributed by atoms with E-state index in [1.165, 1.54) is 42.5 Å². The second kappa shape index (κ2) is 6.12. The van der Waals surface area contributed by atoms with E-state index in [4.69, 9.17) is 0 Å². The van der Waals surface area contributed by atoms with Crippen LogP contribution in [0.1, 0.15) is 13.3 Å². The Kier molecular flexibility index (Phi) is 3.76. The van der Waals surface area contributed by atoms with Crippen LogP contribution in [0.3, 0.4) is 0 Å². The highest BCUT2D eigenvalue weighted by atomic mass is 32.2. The van der Waals surface area contributed by atoms with Crippen LogP contribution in [-0.2, 0) is 0 Å². The summed E-state index contributed by atoms with van der Waals surface area (Å²) in [6, 6.07) is 26.8. The van der Waals surface area contributed by atoms with Gasteiger partial charge in [-0.05, 0) is 40.1 Å². The van der Waals surface area contributed by atoms with Crippen LogP contribution in [0.2, 0.25) is 0 Å². The Hall–Kier alpha value is -1.90. The molecule has 0 N–H and O–H groups in total. The minimum atomic E-state index is 0.558. The molecule has 0 aliphatic carbocycles. The quantitative estimate of drug-likeness (QED) is 0.344. The Bertz CT molecular complexity index is 1010. The molecular weight excluding hydrogens is 340 g/mol. The zero-order valence-electron chi connectivity index (χ0n) is 14.0. The van der Waals surface area contributed by atoms with Gasteiger partial charge in [0.1, 0.15) is 0 Å². The molecule has 0 amide bonds. The fraction of sp³-hybridized carbons (Fsp3) is 0.130. The first-order valence-corrected chi connectivity index (χ1v) is 10.5. The number of benzene rings is 4. The molecule has 0 aromatic heterocycles. The van der Waals surface area contributed by atoms with Crippen LogP contribution in [0.4, 0.5) is 0 Å². The van der Waals surface area contributed by atoms with Crippen LogP contribution in [0, 0.1) is 0 Å². The minimum Gasteiger partial charge on any atom is -0.111 e. The van der Waals surface area contributed by atoms with Gasteiger partial charge < -0.3 is 0 Å². The SMILES string of the molecule is CCC1Sc2ccc3ccccc3c2-c2c(ccc3ccccc23)S1. The maximum Gasteiger partial charge on any atom is 0.0594 e. The fourth-order valence-electron chi connectivity index (χ4n) is 3.69. The predicted octanol–water partition coefficient (Wildman–Crippen LogP) is 7.59. The van der Waals surface area contributed by atoms with E-state index >= 15 is 0 Å². The van der Waals surface area contributed by atoms with Crippen molar-refractivity contribution in [1.82, 2.24) is 0 Å². The Morgan fingerprint density at radius 2 is 1.12 bits per heavy atom. The topological polar surface area (TPSA) is 0 Å². The van der Waals surface area contributed by atoms with Gasteiger partial charge in [0.2, 0.25) is 0 Å². The first-order valence-electron chi connectivity index (χ1n) is 8.72. The summed E-state index contributed by atoms with van der Waals surface area (Å²) in [5.41, 5.74) is 2.83. The monoisotopic (exact) mass is 358 g/mol. The predicted molar refractivity (Wildman–Crippen MR) is 113 cm³/mol. The van der Waals surface area contributed by atoms with Crippen LogP contribution in [-0.4, -0.2) is 4.58 Å². The molecule has 0 unspecified atom stereocenters. The summed E-state index contributed by atoms with van der Waals surface area (Å²) in [6.07, 6.45) is 1.16. The Morgan fingerprint density at radius 3 is 1.60 bits per heavy atom. The second-order valence-corrected chi connectivity index (χ2v) is 9.18. The molecule has 0 nitrogen and oxygen atoms in total. The molecule has 0 radical (unpaired) electrons. The van der Waals surface area contributed by atoms with Crippen molar-refractivity contribution < 1.29 is 0 Å². The van der Waals surface area contributed by atoms with E-state index in [-0.39, 0.29) is 0 Å². The Labute approximate surface area is 156 Å². The first-order chi connectivity index (χ1) is 12.3. The van der Waals surface area contributed by atoms with Gasteiger partial charge in [0.05, 0.1) is 4.58 Å². The lowest BCUT2D eigenvalue weighted by Crippen LogP contribution is -1.91. The van der Waals surface area contributed by atoms with Crippen molar-refractivity contribution in [1.29, 1.82) is 0 Å². The smallest absolute Gasteiger partial charge is 0.0594 e. The molecule has 1 aliphatic rings. The van der Waals surface area contributed by atoms with Gasteiger partial charge in [-0.3, -0.25) is 0 Å². The molecule has 0 saturated carbocycles. The molecule has 2 heteroatoms. The highest BCUT2D eigenvalue weighted by Crippen LogP contribution is 2.52. The van der Waals surface area contributed by atoms with Gasteiger partial charge in [-0.2, -0.15) is 0 Å². The Morgan fingerprint density at radius 1 is 0.640 bits per heavy atom. The van der Waals surface area contributed by atoms with Crippen LogP contribution < -0.4 is 0 Å². The second-order valence-electron chi connectivity index (χ2n) is 6.39. The molecule has 25 heavy (non-hydrogen) atoms. The third-order valence-electron chi connectivity index (χ3n) is 4.88. The van der Waals surface area contributed by atoms with Crippen LogP contribution >= 0.6 is 23.5 Å². The van der Waals surface area contributed by atoms with Crippen LogP contribution in [0.5, 0.6) is 0 Å². The van der Waals surface area contributed by atoms with Gasteiger partial charge >= 0.3 is 0 Å². The van der Waals surface area contributed by atoms with E-state index in [2.05, 4.69) is 79.7 Å². The maximum atomic E-state index is 2.32. The largest absolute Gasteiger partial charge is 0.111 e. The Balaban J connectivity index is 1.97. The first kappa shape index (κ1) is 15.4. The molecular formula is C23H18S2. The maximum absolute atomic E-state index is 2.32. The van der Waals surface area contributed by atoms with Gasteiger partial charge in [0.15, 0.2) is 0 Å². The lowest BCUT2D eigenvalue weighted by atomic mass is 9.94. The van der Waals surface area contributed by atoms with E-state index in [9.17, 15) is 0 Å². The summed E-state index contributed by atoms with van der Waals surface area (Å²) in [5, 5.41) is 5.37. The normalized spacial score (nSPS) is 14.3. The summed E-state index contributed by atoms with van der Waals surface area (Å²) in [6.45, 7) is 2.29. The molecule has 0 spiro atoms. The van der Waals surface area contributed by atoms with Crippen molar-refractivity contribution in [2.45, 2.75) is 27.7 Å². The number of fused-ring (bicyclic) bond motifs is 7. The molecule has 5 rings (SSSR count). The third-order valence-corrected chi connectivity index (χ3v) is 7.84. The van der Waals surface area contributed by atoms with E-state index < -0.39 is 0 Å². The lowest BCUT2D eigenvalue weighted by molar-refractivity contribution is 1.06. The number of hydrogen-bond acceptors (Lipinski definition) is 2. The van der Waals surface area contributed by atoms with Crippen molar-refractivity contribution in [2.24, 2.45) is 0 Å². The zero-order valence-corrected chi connectivity index (χ0v) is 15.7. The molecule has 0 saturated heterocycles. The van der Waals surface area contributed by atoms with E-state index in [0.29, 0.717) is 4.58 Å². The third kappa shape index (κ3) is 2.47. The summed E-state index contributed by atoms with van der Waals surface area (Å²) in [7, 11) is 0. The molecule has 0 atom stereocenters. The van der Waals surface area contributed by atoms with Crippen molar-refractivity contribution in [3.8, 4) is 11.1 Å². The van der Waals surface area contributed by atoms with Crippen molar-refractivity contribution in [3.05, 3.63) is 72.8 Å². The average Bonchev–Trinajstić information content (AvgIpc) is 2.84. The number of thioether (sulfide) groups is 2. The highest BCUT2D eigenvalue weighted by Gasteiger charge is 2.24. The van der Waals surface area contributed by atoms with Crippen molar-refractivity contribution >= 4 is 45.1 Å². The van der Waals surface area contributed by atoms with Gasteiger partial charge in [-0.1, -0.05) is 67.6 Å². The van der Waals surface area contributed by atoms with E-state index in [1.807, 2.05) is 23.5 Å². The van der Waals surface area contributed by atoms with Gasteiger partial charge in [-0.25, -0.2) is 0 Å². The standard InChI is InChI=1S/C23H18S2/c1-2-21-24-19-13-11-15-7-3-5-9-17(15)22(19)23-18-10-6-4-8-16(18)12-14-20(23)25-21/h3-14,21H,2H2,1H3. The molecule has 0 fully saturated rings. The van der Waals surface area contributed by atoms with Crippen molar-refractivity contribution in [3.63, 3.8) is 0 Å². The van der Waals surface area contributed by atoms with Gasteiger partial charge in [0.25, 0.3) is 0 Å². The molecule has 1 heterocycles. The minimum absolute atomic E-state index is 0.558. The zero-order chi connectivity index (χ0) is 16.8. The van der Waals surface area contributed by atoms with Gasteiger partial charge in [0, 0.05) is 20.9 Å². The molecule has 1 aliphatic heterocycles. The van der Waals surface area contributed by atoms with Crippen LogP contribution in [0.15, 0.2) is 82.6 Å². The number of hydrogen-bond donors (Lipinski definition) is 0. The molecule has 4 aromatic carbocycles. The van der Waals surface area contributed by atoms with Crippen molar-refractivity contribution in [2.75, 3.05) is 0 Å².